The lowest BCUT2D eigenvalue weighted by Gasteiger charge is -2.13. The number of nitrogens with zero attached hydrogens (tertiary/aromatic N) is 1. The third kappa shape index (κ3) is 3.75. The van der Waals surface area contributed by atoms with E-state index in [2.05, 4.69) is 67.7 Å². The molecule has 4 heteroatoms. The molecule has 0 amide bonds. The van der Waals surface area contributed by atoms with E-state index in [0.29, 0.717) is 5.92 Å². The predicted octanol–water partition coefficient (Wildman–Crippen LogP) is 6.23. The SMILES string of the molecule is CC(C)Cc1ccc(CNc2nc3c(s2)CSc2ccccc2-3)cc1. The van der Waals surface area contributed by atoms with E-state index in [1.54, 1.807) is 11.3 Å². The van der Waals surface area contributed by atoms with Crippen molar-refractivity contribution >= 4 is 28.2 Å². The summed E-state index contributed by atoms with van der Waals surface area (Å²) in [5.41, 5.74) is 5.15. The Morgan fingerprint density at radius 1 is 1.04 bits per heavy atom. The molecule has 1 aromatic heterocycles. The third-order valence-electron chi connectivity index (χ3n) is 4.31. The van der Waals surface area contributed by atoms with Gasteiger partial charge in [0.05, 0.1) is 5.69 Å². The van der Waals surface area contributed by atoms with E-state index >= 15 is 0 Å². The van der Waals surface area contributed by atoms with Crippen molar-refractivity contribution in [2.24, 2.45) is 5.92 Å². The molecule has 0 atom stereocenters. The number of hydrogen-bond acceptors (Lipinski definition) is 4. The number of hydrogen-bond donors (Lipinski definition) is 1. The van der Waals surface area contributed by atoms with Crippen LogP contribution in [0.3, 0.4) is 0 Å². The monoisotopic (exact) mass is 366 g/mol. The third-order valence-corrected chi connectivity index (χ3v) is 6.60. The van der Waals surface area contributed by atoms with Crippen LogP contribution < -0.4 is 5.32 Å². The standard InChI is InChI=1S/C21H22N2S2/c1-14(2)11-15-7-9-16(10-8-15)12-22-21-23-20-17-5-3-4-6-18(17)24-13-19(20)25-21/h3-10,14H,11-13H2,1-2H3,(H,22,23). The molecule has 0 saturated heterocycles. The summed E-state index contributed by atoms with van der Waals surface area (Å²) in [6.45, 7) is 5.34. The summed E-state index contributed by atoms with van der Waals surface area (Å²) in [4.78, 5) is 7.57. The Morgan fingerprint density at radius 2 is 1.80 bits per heavy atom. The number of thiazole rings is 1. The van der Waals surface area contributed by atoms with E-state index in [1.165, 1.54) is 26.5 Å². The van der Waals surface area contributed by atoms with Gasteiger partial charge in [-0.05, 0) is 29.5 Å². The van der Waals surface area contributed by atoms with Crippen LogP contribution in [0.25, 0.3) is 11.3 Å². The maximum absolute atomic E-state index is 4.86. The van der Waals surface area contributed by atoms with Crippen LogP contribution in [-0.2, 0) is 18.7 Å². The highest BCUT2D eigenvalue weighted by Crippen LogP contribution is 2.44. The van der Waals surface area contributed by atoms with Crippen LogP contribution >= 0.6 is 23.1 Å². The summed E-state index contributed by atoms with van der Waals surface area (Å²) in [6.07, 6.45) is 1.14. The highest BCUT2D eigenvalue weighted by Gasteiger charge is 2.20. The first-order valence-electron chi connectivity index (χ1n) is 8.72. The van der Waals surface area contributed by atoms with Gasteiger partial charge in [0, 0.05) is 27.6 Å². The Kier molecular flexibility index (Phi) is 4.82. The zero-order chi connectivity index (χ0) is 17.2. The summed E-state index contributed by atoms with van der Waals surface area (Å²) >= 11 is 3.69. The van der Waals surface area contributed by atoms with Crippen molar-refractivity contribution in [3.05, 3.63) is 64.5 Å². The number of thioether (sulfide) groups is 1. The molecule has 0 aliphatic carbocycles. The molecule has 2 heterocycles. The van der Waals surface area contributed by atoms with Crippen LogP contribution in [0.4, 0.5) is 5.13 Å². The van der Waals surface area contributed by atoms with Gasteiger partial charge in [0.15, 0.2) is 5.13 Å². The van der Waals surface area contributed by atoms with Crippen molar-refractivity contribution < 1.29 is 0 Å². The van der Waals surface area contributed by atoms with Gasteiger partial charge < -0.3 is 5.32 Å². The quantitative estimate of drug-likeness (QED) is 0.579. The first-order valence-corrected chi connectivity index (χ1v) is 10.5. The molecule has 0 saturated carbocycles. The second-order valence-corrected chi connectivity index (χ2v) is 8.94. The summed E-state index contributed by atoms with van der Waals surface area (Å²) in [5.74, 6) is 1.72. The molecule has 1 N–H and O–H groups in total. The number of aromatic nitrogens is 1. The van der Waals surface area contributed by atoms with Gasteiger partial charge in [0.25, 0.3) is 0 Å². The van der Waals surface area contributed by atoms with Crippen LogP contribution in [0, 0.1) is 5.92 Å². The Balaban J connectivity index is 1.46. The molecule has 0 spiro atoms. The number of anilines is 1. The van der Waals surface area contributed by atoms with Crippen LogP contribution in [-0.4, -0.2) is 4.98 Å². The highest BCUT2D eigenvalue weighted by atomic mass is 32.2. The summed E-state index contributed by atoms with van der Waals surface area (Å²) < 4.78 is 0. The van der Waals surface area contributed by atoms with E-state index in [9.17, 15) is 0 Å². The number of rotatable bonds is 5. The van der Waals surface area contributed by atoms with Gasteiger partial charge in [-0.25, -0.2) is 4.98 Å². The molecule has 2 nitrogen and oxygen atoms in total. The van der Waals surface area contributed by atoms with Crippen LogP contribution in [0.15, 0.2) is 53.4 Å². The van der Waals surface area contributed by atoms with E-state index < -0.39 is 0 Å². The van der Waals surface area contributed by atoms with Crippen molar-refractivity contribution in [1.82, 2.24) is 4.98 Å². The molecule has 0 radical (unpaired) electrons. The van der Waals surface area contributed by atoms with Gasteiger partial charge in [-0.3, -0.25) is 0 Å². The lowest BCUT2D eigenvalue weighted by atomic mass is 10.0. The Hall–Kier alpha value is -1.78. The molecule has 1 aliphatic rings. The largest absolute Gasteiger partial charge is 0.357 e. The normalized spacial score (nSPS) is 12.8. The average Bonchev–Trinajstić information content (AvgIpc) is 3.04. The lowest BCUT2D eigenvalue weighted by molar-refractivity contribution is 0.647. The molecule has 25 heavy (non-hydrogen) atoms. The minimum absolute atomic E-state index is 0.700. The Labute approximate surface area is 157 Å². The van der Waals surface area contributed by atoms with E-state index in [4.69, 9.17) is 4.98 Å². The van der Waals surface area contributed by atoms with Crippen molar-refractivity contribution in [3.8, 4) is 11.3 Å². The van der Waals surface area contributed by atoms with Crippen molar-refractivity contribution in [2.75, 3.05) is 5.32 Å². The molecule has 0 unspecified atom stereocenters. The fourth-order valence-corrected chi connectivity index (χ4v) is 5.21. The molecule has 0 bridgehead atoms. The minimum Gasteiger partial charge on any atom is -0.357 e. The topological polar surface area (TPSA) is 24.9 Å². The van der Waals surface area contributed by atoms with E-state index in [0.717, 1.165) is 29.5 Å². The van der Waals surface area contributed by atoms with Crippen molar-refractivity contribution in [3.63, 3.8) is 0 Å². The van der Waals surface area contributed by atoms with Crippen molar-refractivity contribution in [1.29, 1.82) is 0 Å². The maximum atomic E-state index is 4.86. The fourth-order valence-electron chi connectivity index (χ4n) is 3.11. The molecule has 1 aliphatic heterocycles. The molecular formula is C21H22N2S2. The maximum Gasteiger partial charge on any atom is 0.183 e. The van der Waals surface area contributed by atoms with Crippen molar-refractivity contribution in [2.45, 2.75) is 37.5 Å². The fraction of sp³-hybridized carbons (Fsp3) is 0.286. The Bertz CT molecular complexity index is 866. The van der Waals surface area contributed by atoms with Crippen LogP contribution in [0.5, 0.6) is 0 Å². The summed E-state index contributed by atoms with van der Waals surface area (Å²) in [5, 5.41) is 4.53. The number of fused-ring (bicyclic) bond motifs is 3. The predicted molar refractivity (Wildman–Crippen MR) is 109 cm³/mol. The van der Waals surface area contributed by atoms with Gasteiger partial charge in [-0.1, -0.05) is 56.3 Å². The first kappa shape index (κ1) is 16.7. The van der Waals surface area contributed by atoms with Gasteiger partial charge >= 0.3 is 0 Å². The molecule has 128 valence electrons. The minimum atomic E-state index is 0.700. The van der Waals surface area contributed by atoms with Gasteiger partial charge in [0.1, 0.15) is 0 Å². The van der Waals surface area contributed by atoms with Crippen LogP contribution in [0.2, 0.25) is 0 Å². The van der Waals surface area contributed by atoms with Gasteiger partial charge in [-0.2, -0.15) is 0 Å². The Morgan fingerprint density at radius 3 is 2.60 bits per heavy atom. The average molecular weight is 367 g/mol. The molecule has 2 aromatic carbocycles. The van der Waals surface area contributed by atoms with Gasteiger partial charge in [0.2, 0.25) is 0 Å². The zero-order valence-corrected chi connectivity index (χ0v) is 16.2. The lowest BCUT2D eigenvalue weighted by Crippen LogP contribution is -2.00. The molecular weight excluding hydrogens is 344 g/mol. The number of benzene rings is 2. The van der Waals surface area contributed by atoms with E-state index in [1.807, 2.05) is 11.8 Å². The zero-order valence-electron chi connectivity index (χ0n) is 14.6. The van der Waals surface area contributed by atoms with Gasteiger partial charge in [-0.15, -0.1) is 23.1 Å². The van der Waals surface area contributed by atoms with Crippen LogP contribution in [0.1, 0.15) is 29.9 Å². The second-order valence-electron chi connectivity index (χ2n) is 6.84. The summed E-state index contributed by atoms with van der Waals surface area (Å²) in [6, 6.07) is 17.5. The molecule has 3 aromatic rings. The van der Waals surface area contributed by atoms with E-state index in [-0.39, 0.29) is 0 Å². The smallest absolute Gasteiger partial charge is 0.183 e. The first-order chi connectivity index (χ1) is 12.2. The second kappa shape index (κ2) is 7.22. The summed E-state index contributed by atoms with van der Waals surface area (Å²) in [7, 11) is 0. The molecule has 4 rings (SSSR count). The highest BCUT2D eigenvalue weighted by molar-refractivity contribution is 7.98. The molecule has 0 fully saturated rings. The number of nitrogens with one attached hydrogen (secondary N) is 1.